The molecule has 0 aliphatic heterocycles. The van der Waals surface area contributed by atoms with Gasteiger partial charge in [0.25, 0.3) is 0 Å². The van der Waals surface area contributed by atoms with Gasteiger partial charge in [0.15, 0.2) is 0 Å². The average molecular weight is 185 g/mol. The summed E-state index contributed by atoms with van der Waals surface area (Å²) in [7, 11) is 1.83. The number of nitrogens with one attached hydrogen (secondary N) is 1. The molecule has 1 N–H and O–H groups in total. The Balaban J connectivity index is 2.65. The molecule has 0 amide bonds. The summed E-state index contributed by atoms with van der Waals surface area (Å²) in [6, 6.07) is 0.524. The molecule has 0 bridgehead atoms. The van der Waals surface area contributed by atoms with Crippen molar-refractivity contribution in [3.8, 4) is 0 Å². The summed E-state index contributed by atoms with van der Waals surface area (Å²) >= 11 is 0. The fraction of sp³-hybridized carbons (Fsp3) is 1.00. The molecule has 2 atom stereocenters. The van der Waals surface area contributed by atoms with E-state index in [0.717, 1.165) is 6.54 Å². The van der Waals surface area contributed by atoms with Crippen molar-refractivity contribution in [2.75, 3.05) is 13.7 Å². The maximum atomic E-state index is 5.53. The summed E-state index contributed by atoms with van der Waals surface area (Å²) in [4.78, 5) is 0. The smallest absolute Gasteiger partial charge is 0.0729 e. The Morgan fingerprint density at radius 1 is 1.46 bits per heavy atom. The molecule has 0 aromatic heterocycles. The monoisotopic (exact) mass is 185 g/mol. The minimum Gasteiger partial charge on any atom is -0.380 e. The number of hydrogen-bond donors (Lipinski definition) is 1. The second-order valence-corrected chi connectivity index (χ2v) is 4.69. The van der Waals surface area contributed by atoms with Gasteiger partial charge in [-0.15, -0.1) is 0 Å². The average Bonchev–Trinajstić information content (AvgIpc) is 2.08. The number of rotatable bonds is 3. The van der Waals surface area contributed by atoms with Gasteiger partial charge in [0.1, 0.15) is 0 Å². The zero-order chi connectivity index (χ0) is 9.90. The quantitative estimate of drug-likeness (QED) is 0.727. The van der Waals surface area contributed by atoms with Crippen molar-refractivity contribution in [1.29, 1.82) is 0 Å². The van der Waals surface area contributed by atoms with E-state index in [9.17, 15) is 0 Å². The van der Waals surface area contributed by atoms with Crippen LogP contribution in [-0.4, -0.2) is 25.8 Å². The van der Waals surface area contributed by atoms with Crippen molar-refractivity contribution in [2.45, 2.75) is 52.2 Å². The van der Waals surface area contributed by atoms with E-state index in [2.05, 4.69) is 26.1 Å². The lowest BCUT2D eigenvalue weighted by molar-refractivity contribution is -0.0108. The molecule has 0 aromatic rings. The van der Waals surface area contributed by atoms with E-state index in [-0.39, 0.29) is 0 Å². The van der Waals surface area contributed by atoms with E-state index in [0.29, 0.717) is 17.6 Å². The second kappa shape index (κ2) is 4.43. The van der Waals surface area contributed by atoms with Gasteiger partial charge in [-0.25, -0.2) is 0 Å². The first-order valence-corrected chi connectivity index (χ1v) is 5.38. The van der Waals surface area contributed by atoms with Gasteiger partial charge in [0.2, 0.25) is 0 Å². The van der Waals surface area contributed by atoms with Gasteiger partial charge in [-0.1, -0.05) is 27.2 Å². The van der Waals surface area contributed by atoms with Gasteiger partial charge in [-0.05, 0) is 24.8 Å². The molecule has 1 fully saturated rings. The zero-order valence-corrected chi connectivity index (χ0v) is 9.39. The van der Waals surface area contributed by atoms with Gasteiger partial charge < -0.3 is 10.1 Å². The van der Waals surface area contributed by atoms with Crippen molar-refractivity contribution in [3.63, 3.8) is 0 Å². The third-order valence-electron chi connectivity index (χ3n) is 3.25. The molecule has 1 aliphatic carbocycles. The zero-order valence-electron chi connectivity index (χ0n) is 9.39. The van der Waals surface area contributed by atoms with Crippen LogP contribution >= 0.6 is 0 Å². The van der Waals surface area contributed by atoms with Crippen molar-refractivity contribution in [3.05, 3.63) is 0 Å². The molecule has 78 valence electrons. The van der Waals surface area contributed by atoms with Crippen LogP contribution in [-0.2, 0) is 4.74 Å². The largest absolute Gasteiger partial charge is 0.380 e. The number of ether oxygens (including phenoxy) is 1. The Hall–Kier alpha value is -0.0800. The Kier molecular flexibility index (Phi) is 3.74. The maximum Gasteiger partial charge on any atom is 0.0729 e. The second-order valence-electron chi connectivity index (χ2n) is 4.69. The topological polar surface area (TPSA) is 21.3 Å². The van der Waals surface area contributed by atoms with Crippen LogP contribution in [0.1, 0.15) is 40.0 Å². The fourth-order valence-corrected chi connectivity index (χ4v) is 2.47. The Labute approximate surface area is 82.0 Å². The molecule has 1 aliphatic rings. The minimum absolute atomic E-state index is 0.384. The van der Waals surface area contributed by atoms with E-state index in [1.165, 1.54) is 19.3 Å². The first kappa shape index (κ1) is 11.0. The Bertz CT molecular complexity index is 156. The molecular weight excluding hydrogens is 162 g/mol. The van der Waals surface area contributed by atoms with E-state index in [1.807, 2.05) is 7.11 Å². The fourth-order valence-electron chi connectivity index (χ4n) is 2.47. The summed E-state index contributed by atoms with van der Waals surface area (Å²) < 4.78 is 5.53. The van der Waals surface area contributed by atoms with Crippen LogP contribution in [0.2, 0.25) is 0 Å². The van der Waals surface area contributed by atoms with Crippen molar-refractivity contribution in [1.82, 2.24) is 5.32 Å². The summed E-state index contributed by atoms with van der Waals surface area (Å²) in [5, 5.41) is 3.55. The molecule has 1 saturated carbocycles. The van der Waals surface area contributed by atoms with Gasteiger partial charge in [0, 0.05) is 13.2 Å². The van der Waals surface area contributed by atoms with Crippen LogP contribution in [0.5, 0.6) is 0 Å². The van der Waals surface area contributed by atoms with E-state index < -0.39 is 0 Å². The Morgan fingerprint density at radius 2 is 2.15 bits per heavy atom. The Morgan fingerprint density at radius 3 is 2.69 bits per heavy atom. The maximum absolute atomic E-state index is 5.53. The molecule has 0 spiro atoms. The lowest BCUT2D eigenvalue weighted by Gasteiger charge is -2.43. The van der Waals surface area contributed by atoms with Crippen molar-refractivity contribution in [2.24, 2.45) is 5.41 Å². The predicted molar refractivity (Wildman–Crippen MR) is 55.9 cm³/mol. The summed E-state index contributed by atoms with van der Waals surface area (Å²) in [5.74, 6) is 0. The van der Waals surface area contributed by atoms with Crippen LogP contribution in [0.25, 0.3) is 0 Å². The first-order chi connectivity index (χ1) is 6.11. The third-order valence-corrected chi connectivity index (χ3v) is 3.25. The van der Waals surface area contributed by atoms with Gasteiger partial charge in [-0.3, -0.25) is 0 Å². The normalized spacial score (nSPS) is 33.2. The molecule has 2 unspecified atom stereocenters. The van der Waals surface area contributed by atoms with Gasteiger partial charge >= 0.3 is 0 Å². The predicted octanol–water partition coefficient (Wildman–Crippen LogP) is 2.19. The molecule has 0 radical (unpaired) electrons. The molecule has 1 rings (SSSR count). The number of likely N-dealkylation sites (N-methyl/N-ethyl adjacent to an activating group) is 1. The van der Waals surface area contributed by atoms with Crippen LogP contribution in [0.3, 0.4) is 0 Å². The van der Waals surface area contributed by atoms with Crippen molar-refractivity contribution < 1.29 is 4.74 Å². The van der Waals surface area contributed by atoms with E-state index in [1.54, 1.807) is 0 Å². The standard InChI is InChI=1S/C11H23NO/c1-5-12-10-9(13-4)7-6-8-11(10,2)3/h9-10,12H,5-8H2,1-4H3. The lowest BCUT2D eigenvalue weighted by atomic mass is 9.72. The number of hydrogen-bond acceptors (Lipinski definition) is 2. The molecular formula is C11H23NO. The van der Waals surface area contributed by atoms with Crippen LogP contribution in [0, 0.1) is 5.41 Å². The molecule has 0 saturated heterocycles. The highest BCUT2D eigenvalue weighted by Crippen LogP contribution is 2.36. The van der Waals surface area contributed by atoms with Gasteiger partial charge in [-0.2, -0.15) is 0 Å². The van der Waals surface area contributed by atoms with E-state index >= 15 is 0 Å². The van der Waals surface area contributed by atoms with Crippen LogP contribution in [0.4, 0.5) is 0 Å². The SMILES string of the molecule is CCNC1C(OC)CCCC1(C)C. The highest BCUT2D eigenvalue weighted by Gasteiger charge is 2.38. The summed E-state index contributed by atoms with van der Waals surface area (Å²) in [5.41, 5.74) is 0.384. The summed E-state index contributed by atoms with van der Waals surface area (Å²) in [6.07, 6.45) is 4.22. The van der Waals surface area contributed by atoms with Gasteiger partial charge in [0.05, 0.1) is 6.10 Å². The van der Waals surface area contributed by atoms with Crippen LogP contribution < -0.4 is 5.32 Å². The highest BCUT2D eigenvalue weighted by molar-refractivity contribution is 4.93. The van der Waals surface area contributed by atoms with Crippen molar-refractivity contribution >= 4 is 0 Å². The molecule has 2 nitrogen and oxygen atoms in total. The lowest BCUT2D eigenvalue weighted by Crippen LogP contribution is -2.53. The molecule has 13 heavy (non-hydrogen) atoms. The molecule has 2 heteroatoms. The first-order valence-electron chi connectivity index (χ1n) is 5.38. The highest BCUT2D eigenvalue weighted by atomic mass is 16.5. The molecule has 0 heterocycles. The minimum atomic E-state index is 0.384. The third kappa shape index (κ3) is 2.44. The van der Waals surface area contributed by atoms with Crippen LogP contribution in [0.15, 0.2) is 0 Å². The number of methoxy groups -OCH3 is 1. The summed E-state index contributed by atoms with van der Waals surface area (Å²) in [6.45, 7) is 7.88. The molecule has 0 aromatic carbocycles. The van der Waals surface area contributed by atoms with E-state index in [4.69, 9.17) is 4.74 Å².